The van der Waals surface area contributed by atoms with Gasteiger partial charge in [0.15, 0.2) is 0 Å². The summed E-state index contributed by atoms with van der Waals surface area (Å²) in [5, 5.41) is 12.1. The van der Waals surface area contributed by atoms with E-state index in [0.717, 1.165) is 29.2 Å². The number of carboxylic acid groups (broad SMARTS) is 1. The van der Waals surface area contributed by atoms with Gasteiger partial charge in [0.05, 0.1) is 5.56 Å². The second-order valence-corrected chi connectivity index (χ2v) is 5.62. The first kappa shape index (κ1) is 12.5. The first-order chi connectivity index (χ1) is 9.16. The van der Waals surface area contributed by atoms with Crippen LogP contribution in [0, 0.1) is 0 Å². The quantitative estimate of drug-likeness (QED) is 0.850. The average Bonchev–Trinajstić information content (AvgIpc) is 2.90. The molecule has 19 heavy (non-hydrogen) atoms. The molecular formula is C16H15ClO2. The molecule has 1 saturated carbocycles. The summed E-state index contributed by atoms with van der Waals surface area (Å²) in [5.41, 5.74) is 1.41. The Bertz CT molecular complexity index is 642. The molecule has 2 nitrogen and oxygen atoms in total. The predicted octanol–water partition coefficient (Wildman–Crippen LogP) is 4.85. The summed E-state index contributed by atoms with van der Waals surface area (Å²) in [4.78, 5) is 11.5. The minimum atomic E-state index is -0.844. The highest BCUT2D eigenvalue weighted by molar-refractivity contribution is 6.31. The summed E-state index contributed by atoms with van der Waals surface area (Å²) in [5.74, 6) is -0.489. The normalized spacial score (nSPS) is 16.1. The van der Waals surface area contributed by atoms with Gasteiger partial charge >= 0.3 is 5.97 Å². The molecule has 0 spiro atoms. The van der Waals surface area contributed by atoms with Gasteiger partial charge in [-0.1, -0.05) is 36.6 Å². The molecule has 0 heterocycles. The van der Waals surface area contributed by atoms with E-state index in [2.05, 4.69) is 0 Å². The fourth-order valence-corrected chi connectivity index (χ4v) is 3.33. The Balaban J connectivity index is 2.30. The van der Waals surface area contributed by atoms with E-state index in [-0.39, 0.29) is 0 Å². The lowest BCUT2D eigenvalue weighted by atomic mass is 9.88. The first-order valence-corrected chi connectivity index (χ1v) is 7.00. The molecule has 3 heteroatoms. The Morgan fingerprint density at radius 1 is 1.16 bits per heavy atom. The van der Waals surface area contributed by atoms with Crippen molar-refractivity contribution in [3.05, 3.63) is 46.5 Å². The van der Waals surface area contributed by atoms with Crippen LogP contribution in [-0.2, 0) is 0 Å². The van der Waals surface area contributed by atoms with Crippen LogP contribution >= 0.6 is 11.6 Å². The first-order valence-electron chi connectivity index (χ1n) is 6.62. The largest absolute Gasteiger partial charge is 0.478 e. The summed E-state index contributed by atoms with van der Waals surface area (Å²) in [7, 11) is 0. The van der Waals surface area contributed by atoms with Crippen molar-refractivity contribution in [2.45, 2.75) is 31.6 Å². The van der Waals surface area contributed by atoms with Crippen LogP contribution in [0.1, 0.15) is 47.5 Å². The van der Waals surface area contributed by atoms with E-state index in [4.69, 9.17) is 11.6 Å². The summed E-state index contributed by atoms with van der Waals surface area (Å²) in [6, 6.07) is 9.31. The second-order valence-electron chi connectivity index (χ2n) is 5.18. The molecule has 0 bridgehead atoms. The monoisotopic (exact) mass is 274 g/mol. The van der Waals surface area contributed by atoms with Crippen LogP contribution in [-0.4, -0.2) is 11.1 Å². The van der Waals surface area contributed by atoms with Gasteiger partial charge in [0.2, 0.25) is 0 Å². The fourth-order valence-electron chi connectivity index (χ4n) is 3.16. The maximum atomic E-state index is 11.5. The van der Waals surface area contributed by atoms with Crippen LogP contribution in [0.2, 0.25) is 5.02 Å². The molecule has 3 rings (SSSR count). The van der Waals surface area contributed by atoms with Crippen molar-refractivity contribution in [1.29, 1.82) is 0 Å². The van der Waals surface area contributed by atoms with Crippen LogP contribution in [0.15, 0.2) is 30.3 Å². The molecule has 0 aliphatic heterocycles. The van der Waals surface area contributed by atoms with Gasteiger partial charge in [-0.2, -0.15) is 0 Å². The van der Waals surface area contributed by atoms with Gasteiger partial charge in [0.25, 0.3) is 0 Å². The highest BCUT2D eigenvalue weighted by atomic mass is 35.5. The molecule has 2 aromatic rings. The smallest absolute Gasteiger partial charge is 0.335 e. The number of hydrogen-bond donors (Lipinski definition) is 1. The van der Waals surface area contributed by atoms with Crippen molar-refractivity contribution in [2.75, 3.05) is 0 Å². The minimum Gasteiger partial charge on any atom is -0.478 e. The third-order valence-electron chi connectivity index (χ3n) is 4.02. The number of halogens is 1. The lowest BCUT2D eigenvalue weighted by Gasteiger charge is -2.16. The Morgan fingerprint density at radius 2 is 1.84 bits per heavy atom. The molecule has 0 atom stereocenters. The number of rotatable bonds is 2. The fraction of sp³-hybridized carbons (Fsp3) is 0.312. The van der Waals surface area contributed by atoms with Crippen molar-refractivity contribution in [3.8, 4) is 0 Å². The maximum absolute atomic E-state index is 11.5. The second kappa shape index (κ2) is 4.86. The number of hydrogen-bond acceptors (Lipinski definition) is 1. The third-order valence-corrected chi connectivity index (χ3v) is 4.25. The van der Waals surface area contributed by atoms with Gasteiger partial charge in [-0.05, 0) is 53.3 Å². The van der Waals surface area contributed by atoms with Crippen LogP contribution in [0.3, 0.4) is 0 Å². The van der Waals surface area contributed by atoms with E-state index in [1.165, 1.54) is 12.8 Å². The van der Waals surface area contributed by atoms with Crippen molar-refractivity contribution >= 4 is 28.3 Å². The van der Waals surface area contributed by atoms with Crippen molar-refractivity contribution in [1.82, 2.24) is 0 Å². The van der Waals surface area contributed by atoms with E-state index in [0.29, 0.717) is 16.5 Å². The van der Waals surface area contributed by atoms with Crippen LogP contribution < -0.4 is 0 Å². The summed E-state index contributed by atoms with van der Waals surface area (Å²) in [6.45, 7) is 0. The molecular weight excluding hydrogens is 260 g/mol. The predicted molar refractivity (Wildman–Crippen MR) is 77.1 cm³/mol. The standard InChI is InChI=1S/C16H15ClO2/c17-12-7-5-10-6-8-13(16(18)19)15(14(10)9-12)11-3-1-2-4-11/h5-9,11H,1-4H2,(H,18,19). The van der Waals surface area contributed by atoms with E-state index in [9.17, 15) is 9.90 Å². The number of carboxylic acids is 1. The molecule has 0 unspecified atom stereocenters. The highest BCUT2D eigenvalue weighted by Crippen LogP contribution is 2.40. The van der Waals surface area contributed by atoms with Gasteiger partial charge in [-0.15, -0.1) is 0 Å². The number of benzene rings is 2. The van der Waals surface area contributed by atoms with Crippen LogP contribution in [0.4, 0.5) is 0 Å². The van der Waals surface area contributed by atoms with Crippen molar-refractivity contribution in [3.63, 3.8) is 0 Å². The van der Waals surface area contributed by atoms with E-state index in [1.807, 2.05) is 24.3 Å². The Kier molecular flexibility index (Phi) is 3.19. The lowest BCUT2D eigenvalue weighted by Crippen LogP contribution is -2.06. The molecule has 0 radical (unpaired) electrons. The third kappa shape index (κ3) is 2.21. The van der Waals surface area contributed by atoms with Crippen LogP contribution in [0.25, 0.3) is 10.8 Å². The van der Waals surface area contributed by atoms with E-state index in [1.54, 1.807) is 6.07 Å². The van der Waals surface area contributed by atoms with Gasteiger partial charge in [0.1, 0.15) is 0 Å². The zero-order valence-electron chi connectivity index (χ0n) is 10.5. The van der Waals surface area contributed by atoms with Gasteiger partial charge in [0, 0.05) is 5.02 Å². The average molecular weight is 275 g/mol. The number of carbonyl (C=O) groups is 1. The molecule has 1 N–H and O–H groups in total. The maximum Gasteiger partial charge on any atom is 0.335 e. The zero-order valence-corrected chi connectivity index (χ0v) is 11.3. The van der Waals surface area contributed by atoms with Gasteiger partial charge in [-0.25, -0.2) is 4.79 Å². The highest BCUT2D eigenvalue weighted by Gasteiger charge is 2.24. The molecule has 0 amide bonds. The number of fused-ring (bicyclic) bond motifs is 1. The minimum absolute atomic E-state index is 0.355. The number of aromatic carboxylic acids is 1. The van der Waals surface area contributed by atoms with Gasteiger partial charge in [-0.3, -0.25) is 0 Å². The Labute approximate surface area is 117 Å². The van der Waals surface area contributed by atoms with E-state index >= 15 is 0 Å². The lowest BCUT2D eigenvalue weighted by molar-refractivity contribution is 0.0695. The molecule has 2 aromatic carbocycles. The van der Waals surface area contributed by atoms with Crippen molar-refractivity contribution < 1.29 is 9.90 Å². The molecule has 1 aliphatic carbocycles. The van der Waals surface area contributed by atoms with E-state index < -0.39 is 5.97 Å². The van der Waals surface area contributed by atoms with Crippen LogP contribution in [0.5, 0.6) is 0 Å². The Hall–Kier alpha value is -1.54. The zero-order chi connectivity index (χ0) is 13.4. The molecule has 0 saturated heterocycles. The molecule has 98 valence electrons. The van der Waals surface area contributed by atoms with Crippen molar-refractivity contribution in [2.24, 2.45) is 0 Å². The molecule has 1 fully saturated rings. The summed E-state index contributed by atoms with van der Waals surface area (Å²) in [6.07, 6.45) is 4.51. The Morgan fingerprint density at radius 3 is 2.53 bits per heavy atom. The molecule has 1 aliphatic rings. The van der Waals surface area contributed by atoms with Gasteiger partial charge < -0.3 is 5.11 Å². The summed E-state index contributed by atoms with van der Waals surface area (Å²) < 4.78 is 0. The molecule has 0 aromatic heterocycles. The SMILES string of the molecule is O=C(O)c1ccc2ccc(Cl)cc2c1C1CCCC1. The topological polar surface area (TPSA) is 37.3 Å². The summed E-state index contributed by atoms with van der Waals surface area (Å²) >= 11 is 6.08.